The number of rotatable bonds is 6. The van der Waals surface area contributed by atoms with Crippen LogP contribution in [0.3, 0.4) is 0 Å². The number of amides is 1. The van der Waals surface area contributed by atoms with E-state index in [1.807, 2.05) is 24.3 Å². The topological polar surface area (TPSA) is 63.7 Å². The molecule has 0 aromatic heterocycles. The van der Waals surface area contributed by atoms with Crippen LogP contribution in [-0.2, 0) is 20.7 Å². The summed E-state index contributed by atoms with van der Waals surface area (Å²) in [5.74, 6) is -0.612. The largest absolute Gasteiger partial charge is 0.457 e. The summed E-state index contributed by atoms with van der Waals surface area (Å²) in [6, 6.07) is 14.2. The molecule has 0 unspecified atom stereocenters. The van der Waals surface area contributed by atoms with Gasteiger partial charge in [0.1, 0.15) is 0 Å². The van der Waals surface area contributed by atoms with E-state index in [1.54, 1.807) is 29.2 Å². The summed E-state index contributed by atoms with van der Waals surface area (Å²) in [5, 5.41) is 0. The summed E-state index contributed by atoms with van der Waals surface area (Å²) < 4.78 is 6.01. The van der Waals surface area contributed by atoms with Crippen molar-refractivity contribution in [2.75, 3.05) is 18.1 Å². The molecule has 0 spiro atoms. The lowest BCUT2D eigenvalue weighted by Gasteiger charge is -2.15. The Labute approximate surface area is 160 Å². The third-order valence-electron chi connectivity index (χ3n) is 4.20. The van der Waals surface area contributed by atoms with E-state index < -0.39 is 5.97 Å². The summed E-state index contributed by atoms with van der Waals surface area (Å²) in [4.78, 5) is 37.5. The van der Waals surface area contributed by atoms with Gasteiger partial charge in [0.05, 0.1) is 6.42 Å². The van der Waals surface area contributed by atoms with E-state index in [2.05, 4.69) is 15.9 Å². The van der Waals surface area contributed by atoms with Crippen molar-refractivity contribution < 1.29 is 19.1 Å². The van der Waals surface area contributed by atoms with Gasteiger partial charge in [0, 0.05) is 28.7 Å². The van der Waals surface area contributed by atoms with E-state index >= 15 is 0 Å². The van der Waals surface area contributed by atoms with Crippen LogP contribution in [0, 0.1) is 0 Å². The highest BCUT2D eigenvalue weighted by Gasteiger charge is 2.21. The second kappa shape index (κ2) is 8.27. The number of ketones is 1. The van der Waals surface area contributed by atoms with Crippen molar-refractivity contribution in [1.29, 1.82) is 0 Å². The van der Waals surface area contributed by atoms with E-state index in [1.165, 1.54) is 0 Å². The number of anilines is 1. The number of hydrogen-bond donors (Lipinski definition) is 0. The molecular weight excluding hydrogens is 398 g/mol. The van der Waals surface area contributed by atoms with Crippen LogP contribution in [0.4, 0.5) is 5.69 Å². The van der Waals surface area contributed by atoms with Gasteiger partial charge in [-0.2, -0.15) is 0 Å². The molecule has 26 heavy (non-hydrogen) atoms. The second-order valence-corrected chi connectivity index (χ2v) is 7.00. The van der Waals surface area contributed by atoms with Crippen LogP contribution < -0.4 is 4.90 Å². The Hall–Kier alpha value is -2.47. The van der Waals surface area contributed by atoms with E-state index in [9.17, 15) is 14.4 Å². The minimum Gasteiger partial charge on any atom is -0.457 e. The number of ether oxygens (including phenoxy) is 1. The zero-order valence-corrected chi connectivity index (χ0v) is 15.7. The van der Waals surface area contributed by atoms with Crippen molar-refractivity contribution in [3.63, 3.8) is 0 Å². The van der Waals surface area contributed by atoms with Crippen molar-refractivity contribution in [2.24, 2.45) is 0 Å². The molecule has 1 aliphatic heterocycles. The Bertz CT molecular complexity index is 815. The summed E-state index contributed by atoms with van der Waals surface area (Å²) in [5.41, 5.74) is 2.07. The number of nitrogens with zero attached hydrogens (tertiary/aromatic N) is 1. The van der Waals surface area contributed by atoms with Crippen LogP contribution in [0.5, 0.6) is 0 Å². The van der Waals surface area contributed by atoms with Crippen LogP contribution in [0.2, 0.25) is 0 Å². The fourth-order valence-electron chi connectivity index (χ4n) is 2.80. The molecule has 0 bridgehead atoms. The first kappa shape index (κ1) is 18.3. The van der Waals surface area contributed by atoms with Crippen LogP contribution in [-0.4, -0.2) is 30.8 Å². The minimum atomic E-state index is -0.444. The van der Waals surface area contributed by atoms with Gasteiger partial charge in [0.2, 0.25) is 5.91 Å². The third-order valence-corrected chi connectivity index (χ3v) is 4.73. The Morgan fingerprint density at radius 3 is 2.35 bits per heavy atom. The number of carbonyl (C=O) groups is 3. The molecule has 1 heterocycles. The van der Waals surface area contributed by atoms with Gasteiger partial charge in [-0.3, -0.25) is 14.4 Å². The normalized spacial score (nSPS) is 13.7. The van der Waals surface area contributed by atoms with Crippen LogP contribution in [0.25, 0.3) is 0 Å². The maximum atomic E-state index is 12.2. The van der Waals surface area contributed by atoms with Gasteiger partial charge in [-0.05, 0) is 48.4 Å². The van der Waals surface area contributed by atoms with Crippen LogP contribution in [0.1, 0.15) is 28.8 Å². The fourth-order valence-corrected chi connectivity index (χ4v) is 3.06. The molecule has 1 saturated heterocycles. The van der Waals surface area contributed by atoms with E-state index in [4.69, 9.17) is 4.74 Å². The molecular formula is C20H18BrNO4. The minimum absolute atomic E-state index is 0.103. The lowest BCUT2D eigenvalue weighted by Crippen LogP contribution is -2.23. The summed E-state index contributed by atoms with van der Waals surface area (Å²) in [6.45, 7) is 0.414. The van der Waals surface area contributed by atoms with Crippen molar-refractivity contribution in [1.82, 2.24) is 0 Å². The van der Waals surface area contributed by atoms with Gasteiger partial charge in [-0.25, -0.2) is 0 Å². The first-order valence-electron chi connectivity index (χ1n) is 8.36. The first-order valence-corrected chi connectivity index (χ1v) is 9.16. The van der Waals surface area contributed by atoms with Crippen molar-refractivity contribution in [3.05, 3.63) is 64.1 Å². The fraction of sp³-hybridized carbons (Fsp3) is 0.250. The molecule has 0 atom stereocenters. The van der Waals surface area contributed by atoms with Gasteiger partial charge in [-0.15, -0.1) is 0 Å². The second-order valence-electron chi connectivity index (χ2n) is 6.08. The molecule has 0 N–H and O–H groups in total. The van der Waals surface area contributed by atoms with Crippen LogP contribution >= 0.6 is 15.9 Å². The number of carbonyl (C=O) groups excluding carboxylic acids is 3. The number of benzene rings is 2. The quantitative estimate of drug-likeness (QED) is 0.534. The molecule has 5 nitrogen and oxygen atoms in total. The molecule has 3 rings (SSSR count). The lowest BCUT2D eigenvalue weighted by molar-refractivity contribution is -0.141. The van der Waals surface area contributed by atoms with Gasteiger partial charge >= 0.3 is 5.97 Å². The summed E-state index contributed by atoms with van der Waals surface area (Å²) in [7, 11) is 0. The lowest BCUT2D eigenvalue weighted by atomic mass is 10.1. The number of hydrogen-bond acceptors (Lipinski definition) is 4. The summed E-state index contributed by atoms with van der Waals surface area (Å²) in [6.07, 6.45) is 1.54. The van der Waals surface area contributed by atoms with E-state index in [0.29, 0.717) is 18.5 Å². The Kier molecular flexibility index (Phi) is 5.83. The molecule has 0 aliphatic carbocycles. The van der Waals surface area contributed by atoms with Crippen molar-refractivity contribution in [2.45, 2.75) is 19.3 Å². The predicted molar refractivity (Wildman–Crippen MR) is 101 cm³/mol. The zero-order valence-electron chi connectivity index (χ0n) is 14.1. The first-order chi connectivity index (χ1) is 12.5. The Balaban J connectivity index is 1.52. The zero-order chi connectivity index (χ0) is 18.5. The molecule has 1 fully saturated rings. The third kappa shape index (κ3) is 4.58. The highest BCUT2D eigenvalue weighted by Crippen LogP contribution is 2.21. The monoisotopic (exact) mass is 415 g/mol. The Morgan fingerprint density at radius 2 is 1.73 bits per heavy atom. The number of halogens is 1. The van der Waals surface area contributed by atoms with Crippen molar-refractivity contribution in [3.8, 4) is 0 Å². The van der Waals surface area contributed by atoms with Crippen molar-refractivity contribution >= 4 is 39.3 Å². The molecule has 2 aromatic carbocycles. The highest BCUT2D eigenvalue weighted by molar-refractivity contribution is 9.10. The molecule has 1 amide bonds. The van der Waals surface area contributed by atoms with Gasteiger partial charge in [-0.1, -0.05) is 28.1 Å². The summed E-state index contributed by atoms with van der Waals surface area (Å²) >= 11 is 3.33. The number of Topliss-reactive ketones (excluding diaryl/α,β-unsaturated/α-hetero) is 1. The van der Waals surface area contributed by atoms with Gasteiger partial charge in [0.15, 0.2) is 12.4 Å². The maximum absolute atomic E-state index is 12.2. The Morgan fingerprint density at radius 1 is 1.04 bits per heavy atom. The molecule has 1 aliphatic rings. The van der Waals surface area contributed by atoms with Gasteiger partial charge < -0.3 is 9.64 Å². The predicted octanol–water partition coefficient (Wildman–Crippen LogP) is 3.54. The molecule has 6 heteroatoms. The molecule has 134 valence electrons. The average molecular weight is 416 g/mol. The molecule has 0 saturated carbocycles. The maximum Gasteiger partial charge on any atom is 0.310 e. The smallest absolute Gasteiger partial charge is 0.310 e. The SMILES string of the molecule is O=C(Cc1ccc(Br)cc1)OCC(=O)c1ccc(N2CCCC2=O)cc1. The average Bonchev–Trinajstić information content (AvgIpc) is 3.08. The highest BCUT2D eigenvalue weighted by atomic mass is 79.9. The van der Waals surface area contributed by atoms with Gasteiger partial charge in [0.25, 0.3) is 0 Å². The molecule has 0 radical (unpaired) electrons. The van der Waals surface area contributed by atoms with E-state index in [-0.39, 0.29) is 24.7 Å². The standard InChI is InChI=1S/C20H18BrNO4/c21-16-7-3-14(4-8-16)12-20(25)26-13-18(23)15-5-9-17(10-6-15)22-11-1-2-19(22)24/h3-10H,1-2,11-13H2. The van der Waals surface area contributed by atoms with E-state index in [0.717, 1.165) is 22.1 Å². The number of esters is 1. The molecule has 2 aromatic rings. The van der Waals surface area contributed by atoms with Crippen LogP contribution in [0.15, 0.2) is 53.0 Å².